The zero-order valence-corrected chi connectivity index (χ0v) is 13.5. The summed E-state index contributed by atoms with van der Waals surface area (Å²) in [5.41, 5.74) is 0. The van der Waals surface area contributed by atoms with Crippen molar-refractivity contribution in [2.24, 2.45) is 0 Å². The molecule has 1 nitrogen and oxygen atoms in total. The van der Waals surface area contributed by atoms with E-state index in [-0.39, 0.29) is 0 Å². The topological polar surface area (TPSA) is 20.2 Å². The van der Waals surface area contributed by atoms with Crippen LogP contribution in [0.25, 0.3) is 0 Å². The van der Waals surface area contributed by atoms with Crippen LogP contribution in [0.5, 0.6) is 0 Å². The van der Waals surface area contributed by atoms with Gasteiger partial charge >= 0.3 is 0 Å². The molecule has 0 aromatic rings. The van der Waals surface area contributed by atoms with Crippen molar-refractivity contribution >= 4 is 12.6 Å². The molecule has 0 aromatic heterocycles. The molecule has 1 unspecified atom stereocenters. The second kappa shape index (κ2) is 12.3. The van der Waals surface area contributed by atoms with Gasteiger partial charge in [0.2, 0.25) is 0 Å². The lowest BCUT2D eigenvalue weighted by Gasteiger charge is -2.21. The molecule has 0 saturated carbocycles. The predicted molar refractivity (Wildman–Crippen MR) is 85.3 cm³/mol. The maximum atomic E-state index is 9.90. The van der Waals surface area contributed by atoms with Crippen LogP contribution in [0.4, 0.5) is 0 Å². The predicted octanol–water partition coefficient (Wildman–Crippen LogP) is 5.72. The van der Waals surface area contributed by atoms with Crippen LogP contribution in [-0.2, 0) is 0 Å². The first-order chi connectivity index (χ1) is 8.62. The number of aliphatic hydroxyl groups is 1. The van der Waals surface area contributed by atoms with Crippen LogP contribution in [0.15, 0.2) is 0 Å². The Morgan fingerprint density at radius 1 is 0.667 bits per heavy atom. The molecule has 0 heterocycles. The number of hydrogen-bond acceptors (Lipinski definition) is 2. The fraction of sp³-hybridized carbons (Fsp3) is 1.00. The average Bonchev–Trinajstić information content (AvgIpc) is 2.31. The van der Waals surface area contributed by atoms with E-state index in [0.717, 1.165) is 25.7 Å². The van der Waals surface area contributed by atoms with Crippen molar-refractivity contribution in [3.8, 4) is 0 Å². The van der Waals surface area contributed by atoms with Gasteiger partial charge in [-0.25, -0.2) is 0 Å². The van der Waals surface area contributed by atoms with E-state index >= 15 is 0 Å². The second-order valence-corrected chi connectivity index (χ2v) is 6.50. The second-order valence-electron chi connectivity index (χ2n) is 5.66. The van der Waals surface area contributed by atoms with Crippen molar-refractivity contribution in [1.82, 2.24) is 0 Å². The van der Waals surface area contributed by atoms with Crippen LogP contribution in [0.2, 0.25) is 0 Å². The first-order valence-corrected chi connectivity index (χ1v) is 8.52. The summed E-state index contributed by atoms with van der Waals surface area (Å²) in [6.07, 6.45) is 16.1. The molecule has 0 aliphatic rings. The molecule has 1 N–H and O–H groups in total. The number of rotatable bonds is 13. The van der Waals surface area contributed by atoms with Gasteiger partial charge in [-0.05, 0) is 19.3 Å². The summed E-state index contributed by atoms with van der Waals surface area (Å²) in [7, 11) is 0. The SMILES string of the molecule is CCCCCCCCCCCCC(O)(S)CCC. The molecule has 110 valence electrons. The molecule has 18 heavy (non-hydrogen) atoms. The zero-order chi connectivity index (χ0) is 13.7. The lowest BCUT2D eigenvalue weighted by Crippen LogP contribution is -2.19. The molecule has 0 radical (unpaired) electrons. The van der Waals surface area contributed by atoms with Crippen molar-refractivity contribution < 1.29 is 5.11 Å². The summed E-state index contributed by atoms with van der Waals surface area (Å²) >= 11 is 4.31. The van der Waals surface area contributed by atoms with E-state index in [2.05, 4.69) is 26.5 Å². The standard InChI is InChI=1S/C16H34OS/c1-3-5-6-7-8-9-10-11-12-13-15-16(17,18)14-4-2/h17-18H,3-15H2,1-2H3. The maximum absolute atomic E-state index is 9.90. The van der Waals surface area contributed by atoms with Gasteiger partial charge in [0.25, 0.3) is 0 Å². The van der Waals surface area contributed by atoms with Gasteiger partial charge in [0.05, 0.1) is 0 Å². The van der Waals surface area contributed by atoms with E-state index in [1.165, 1.54) is 57.8 Å². The quantitative estimate of drug-likeness (QED) is 0.250. The van der Waals surface area contributed by atoms with Gasteiger partial charge in [-0.1, -0.05) is 78.1 Å². The van der Waals surface area contributed by atoms with Crippen LogP contribution in [-0.4, -0.2) is 10.0 Å². The van der Waals surface area contributed by atoms with Gasteiger partial charge < -0.3 is 5.11 Å². The molecular weight excluding hydrogens is 240 g/mol. The smallest absolute Gasteiger partial charge is 0.107 e. The number of hydrogen-bond donors (Lipinski definition) is 2. The van der Waals surface area contributed by atoms with Crippen LogP contribution in [0, 0.1) is 0 Å². The molecule has 0 saturated heterocycles. The Kier molecular flexibility index (Phi) is 12.6. The van der Waals surface area contributed by atoms with Gasteiger partial charge in [0.15, 0.2) is 0 Å². The first kappa shape index (κ1) is 18.3. The van der Waals surface area contributed by atoms with Gasteiger partial charge in [-0.15, -0.1) is 12.6 Å². The highest BCUT2D eigenvalue weighted by atomic mass is 32.1. The van der Waals surface area contributed by atoms with Gasteiger partial charge in [0.1, 0.15) is 4.93 Å². The Bertz CT molecular complexity index is 168. The van der Waals surface area contributed by atoms with Crippen LogP contribution in [0.3, 0.4) is 0 Å². The monoisotopic (exact) mass is 274 g/mol. The zero-order valence-electron chi connectivity index (χ0n) is 12.6. The Balaban J connectivity index is 3.16. The van der Waals surface area contributed by atoms with Crippen LogP contribution >= 0.6 is 12.6 Å². The Hall–Kier alpha value is 0.310. The summed E-state index contributed by atoms with van der Waals surface area (Å²) in [4.78, 5) is -0.713. The van der Waals surface area contributed by atoms with E-state index in [9.17, 15) is 5.11 Å². The van der Waals surface area contributed by atoms with Crippen molar-refractivity contribution in [2.45, 2.75) is 102 Å². The van der Waals surface area contributed by atoms with E-state index in [1.54, 1.807) is 0 Å². The highest BCUT2D eigenvalue weighted by molar-refractivity contribution is 7.81. The largest absolute Gasteiger partial charge is 0.380 e. The summed E-state index contributed by atoms with van der Waals surface area (Å²) in [6, 6.07) is 0. The minimum absolute atomic E-state index is 0.713. The van der Waals surface area contributed by atoms with Crippen molar-refractivity contribution in [3.63, 3.8) is 0 Å². The lowest BCUT2D eigenvalue weighted by atomic mass is 10.0. The van der Waals surface area contributed by atoms with E-state index < -0.39 is 4.93 Å². The fourth-order valence-corrected chi connectivity index (χ4v) is 2.80. The molecule has 0 spiro atoms. The van der Waals surface area contributed by atoms with Crippen molar-refractivity contribution in [1.29, 1.82) is 0 Å². The molecule has 0 aromatic carbocycles. The van der Waals surface area contributed by atoms with E-state index in [1.807, 2.05) is 0 Å². The molecule has 0 aliphatic carbocycles. The molecule has 0 rings (SSSR count). The third-order valence-electron chi connectivity index (χ3n) is 3.58. The summed E-state index contributed by atoms with van der Waals surface area (Å²) in [5, 5.41) is 9.90. The molecular formula is C16H34OS. The van der Waals surface area contributed by atoms with Gasteiger partial charge in [-0.2, -0.15) is 0 Å². The van der Waals surface area contributed by atoms with Crippen molar-refractivity contribution in [2.75, 3.05) is 0 Å². The Morgan fingerprint density at radius 3 is 1.56 bits per heavy atom. The Labute approximate surface area is 120 Å². The Morgan fingerprint density at radius 2 is 1.11 bits per heavy atom. The molecule has 0 bridgehead atoms. The van der Waals surface area contributed by atoms with Gasteiger partial charge in [0, 0.05) is 0 Å². The molecule has 0 amide bonds. The van der Waals surface area contributed by atoms with Crippen LogP contribution in [0.1, 0.15) is 97.3 Å². The summed E-state index contributed by atoms with van der Waals surface area (Å²) < 4.78 is 0. The molecule has 0 aliphatic heterocycles. The number of unbranched alkanes of at least 4 members (excludes halogenated alkanes) is 9. The minimum atomic E-state index is -0.713. The van der Waals surface area contributed by atoms with E-state index in [4.69, 9.17) is 0 Å². The number of thiol groups is 1. The maximum Gasteiger partial charge on any atom is 0.107 e. The first-order valence-electron chi connectivity index (χ1n) is 8.07. The minimum Gasteiger partial charge on any atom is -0.380 e. The normalized spacial score (nSPS) is 14.7. The lowest BCUT2D eigenvalue weighted by molar-refractivity contribution is 0.115. The molecule has 1 atom stereocenters. The summed E-state index contributed by atoms with van der Waals surface area (Å²) in [5.74, 6) is 0. The molecule has 2 heteroatoms. The van der Waals surface area contributed by atoms with Crippen molar-refractivity contribution in [3.05, 3.63) is 0 Å². The van der Waals surface area contributed by atoms with Gasteiger partial charge in [-0.3, -0.25) is 0 Å². The highest BCUT2D eigenvalue weighted by Crippen LogP contribution is 2.24. The third-order valence-corrected chi connectivity index (χ3v) is 4.03. The fourth-order valence-electron chi connectivity index (χ4n) is 2.42. The summed E-state index contributed by atoms with van der Waals surface area (Å²) in [6.45, 7) is 4.36. The van der Waals surface area contributed by atoms with E-state index in [0.29, 0.717) is 0 Å². The highest BCUT2D eigenvalue weighted by Gasteiger charge is 2.18. The third kappa shape index (κ3) is 12.8. The molecule has 0 fully saturated rings. The average molecular weight is 275 g/mol. The van der Waals surface area contributed by atoms with Crippen LogP contribution < -0.4 is 0 Å².